The Morgan fingerprint density at radius 1 is 0.902 bits per heavy atom. The van der Waals surface area contributed by atoms with Crippen LogP contribution in [0.2, 0.25) is 0 Å². The van der Waals surface area contributed by atoms with Crippen LogP contribution in [0.25, 0.3) is 0 Å². The van der Waals surface area contributed by atoms with Gasteiger partial charge in [-0.05, 0) is 61.2 Å². The van der Waals surface area contributed by atoms with Crippen molar-refractivity contribution in [2.24, 2.45) is 0 Å². The fraction of sp³-hybridized carbons (Fsp3) is 0.235. The van der Waals surface area contributed by atoms with E-state index in [1.807, 2.05) is 60.7 Å². The van der Waals surface area contributed by atoms with Crippen LogP contribution in [0.15, 0.2) is 89.8 Å². The van der Waals surface area contributed by atoms with E-state index in [-0.39, 0.29) is 11.3 Å². The molecule has 0 aliphatic carbocycles. The first kappa shape index (κ1) is 24.4. The van der Waals surface area contributed by atoms with E-state index in [0.717, 1.165) is 51.6 Å². The Balaban J connectivity index is 1.25. The smallest absolute Gasteiger partial charge is 0.340 e. The summed E-state index contributed by atoms with van der Waals surface area (Å²) in [6.07, 6.45) is 3.60. The first-order valence-corrected chi connectivity index (χ1v) is 15.0. The van der Waals surface area contributed by atoms with Gasteiger partial charge in [0.1, 0.15) is 17.4 Å². The molecule has 0 amide bonds. The number of rotatable bonds is 3. The van der Waals surface area contributed by atoms with Crippen molar-refractivity contribution in [3.05, 3.63) is 113 Å². The number of fused-ring (bicyclic) bond motifs is 7. The number of hydrogen-bond donors (Lipinski definition) is 1. The number of thioether (sulfide) groups is 1. The molecule has 0 aromatic heterocycles. The van der Waals surface area contributed by atoms with Gasteiger partial charge in [-0.25, -0.2) is 4.79 Å². The Kier molecular flexibility index (Phi) is 5.55. The minimum Gasteiger partial charge on any atom is -0.456 e. The zero-order valence-electron chi connectivity index (χ0n) is 22.3. The van der Waals surface area contributed by atoms with Crippen LogP contribution in [0.3, 0.4) is 0 Å². The number of para-hydroxylation sites is 1. The lowest BCUT2D eigenvalue weighted by Gasteiger charge is -2.38. The molecule has 1 N–H and O–H groups in total. The summed E-state index contributed by atoms with van der Waals surface area (Å²) < 4.78 is 13.0. The van der Waals surface area contributed by atoms with Gasteiger partial charge in [0.25, 0.3) is 0 Å². The third kappa shape index (κ3) is 3.67. The molecule has 202 valence electrons. The SMILES string of the molecule is N#CC(c1ccc2c(c1)Oc1cc(N3CCCCC3)ccc1C21OC(=O)c2ccccc21)C1Nc2ccccc2S1. The predicted octanol–water partition coefficient (Wildman–Crippen LogP) is 7.40. The Morgan fingerprint density at radius 2 is 1.66 bits per heavy atom. The van der Waals surface area contributed by atoms with E-state index in [4.69, 9.17) is 9.47 Å². The van der Waals surface area contributed by atoms with Crippen LogP contribution in [0, 0.1) is 11.3 Å². The third-order valence-corrected chi connectivity index (χ3v) is 9.94. The Bertz CT molecular complexity index is 1730. The highest BCUT2D eigenvalue weighted by molar-refractivity contribution is 8.00. The van der Waals surface area contributed by atoms with Crippen LogP contribution in [0.1, 0.15) is 57.8 Å². The highest BCUT2D eigenvalue weighted by Gasteiger charge is 2.53. The second kappa shape index (κ2) is 9.32. The molecule has 4 aromatic carbocycles. The van der Waals surface area contributed by atoms with Crippen molar-refractivity contribution in [1.29, 1.82) is 5.26 Å². The van der Waals surface area contributed by atoms with Crippen molar-refractivity contribution in [2.45, 2.75) is 41.1 Å². The lowest BCUT2D eigenvalue weighted by molar-refractivity contribution is 0.0224. The normalized spacial score (nSPS) is 22.4. The summed E-state index contributed by atoms with van der Waals surface area (Å²) in [6.45, 7) is 2.03. The van der Waals surface area contributed by atoms with Gasteiger partial charge in [-0.15, -0.1) is 0 Å². The van der Waals surface area contributed by atoms with Crippen molar-refractivity contribution in [2.75, 3.05) is 23.3 Å². The minimum absolute atomic E-state index is 0.129. The molecule has 0 radical (unpaired) electrons. The summed E-state index contributed by atoms with van der Waals surface area (Å²) in [6, 6.07) is 30.4. The van der Waals surface area contributed by atoms with Gasteiger partial charge in [-0.3, -0.25) is 0 Å². The largest absolute Gasteiger partial charge is 0.456 e. The number of piperidine rings is 1. The monoisotopic (exact) mass is 557 g/mol. The Morgan fingerprint density at radius 3 is 2.49 bits per heavy atom. The number of esters is 1. The van der Waals surface area contributed by atoms with Gasteiger partial charge in [0, 0.05) is 52.1 Å². The van der Waals surface area contributed by atoms with E-state index in [1.54, 1.807) is 11.8 Å². The highest BCUT2D eigenvalue weighted by Crippen LogP contribution is 2.57. The molecule has 4 aromatic rings. The maximum atomic E-state index is 13.3. The van der Waals surface area contributed by atoms with E-state index >= 15 is 0 Å². The fourth-order valence-electron chi connectivity index (χ4n) is 6.70. The number of hydrogen-bond acceptors (Lipinski definition) is 7. The van der Waals surface area contributed by atoms with Gasteiger partial charge in [0.05, 0.1) is 17.0 Å². The van der Waals surface area contributed by atoms with Gasteiger partial charge in [-0.1, -0.05) is 54.2 Å². The van der Waals surface area contributed by atoms with E-state index in [1.165, 1.54) is 19.3 Å². The van der Waals surface area contributed by atoms with Crippen LogP contribution in [-0.2, 0) is 10.3 Å². The van der Waals surface area contributed by atoms with Crippen molar-refractivity contribution >= 4 is 29.1 Å². The Hall–Kier alpha value is -4.41. The number of carbonyl (C=O) groups is 1. The number of nitrogens with zero attached hydrogens (tertiary/aromatic N) is 2. The van der Waals surface area contributed by atoms with Crippen LogP contribution in [-0.4, -0.2) is 24.4 Å². The molecule has 3 unspecified atom stereocenters. The number of nitriles is 1. The van der Waals surface area contributed by atoms with Crippen molar-refractivity contribution in [3.63, 3.8) is 0 Å². The lowest BCUT2D eigenvalue weighted by atomic mass is 9.77. The maximum absolute atomic E-state index is 13.3. The van der Waals surface area contributed by atoms with Crippen molar-refractivity contribution in [1.82, 2.24) is 0 Å². The molecule has 1 fully saturated rings. The molecule has 4 heterocycles. The number of carbonyl (C=O) groups excluding carboxylic acids is 1. The molecule has 6 nitrogen and oxygen atoms in total. The van der Waals surface area contributed by atoms with E-state index in [0.29, 0.717) is 17.1 Å². The van der Waals surface area contributed by atoms with E-state index < -0.39 is 11.5 Å². The molecule has 1 saturated heterocycles. The molecule has 41 heavy (non-hydrogen) atoms. The minimum atomic E-state index is -1.12. The van der Waals surface area contributed by atoms with Gasteiger partial charge in [0.15, 0.2) is 5.60 Å². The summed E-state index contributed by atoms with van der Waals surface area (Å²) in [5.41, 5.74) is 4.85. The molecule has 0 bridgehead atoms. The standard InChI is InChI=1S/C34H27N3O3S/c35-20-24(32-36-28-10-4-5-11-31(28)41-32)21-12-14-26-29(18-21)39-30-19-22(37-16-6-1-7-17-37)13-15-27(30)34(26)25-9-3-2-8-23(25)33(38)40-34/h2-5,8-15,18-19,24,32,36H,1,6-7,16-17H2. The molecule has 3 atom stereocenters. The first-order chi connectivity index (χ1) is 20.2. The second-order valence-corrected chi connectivity index (χ2v) is 12.2. The summed E-state index contributed by atoms with van der Waals surface area (Å²) in [5, 5.41) is 13.7. The van der Waals surface area contributed by atoms with Crippen molar-refractivity contribution < 1.29 is 14.3 Å². The predicted molar refractivity (Wildman–Crippen MR) is 159 cm³/mol. The summed E-state index contributed by atoms with van der Waals surface area (Å²) in [7, 11) is 0. The van der Waals surface area contributed by atoms with E-state index in [9.17, 15) is 10.1 Å². The average molecular weight is 558 g/mol. The second-order valence-electron chi connectivity index (χ2n) is 11.0. The summed E-state index contributed by atoms with van der Waals surface area (Å²) in [4.78, 5) is 16.8. The molecule has 4 aliphatic rings. The zero-order valence-corrected chi connectivity index (χ0v) is 23.1. The van der Waals surface area contributed by atoms with Crippen LogP contribution < -0.4 is 15.0 Å². The third-order valence-electron chi connectivity index (χ3n) is 8.68. The van der Waals surface area contributed by atoms with Crippen LogP contribution in [0.4, 0.5) is 11.4 Å². The van der Waals surface area contributed by atoms with Gasteiger partial charge in [0.2, 0.25) is 0 Å². The lowest BCUT2D eigenvalue weighted by Crippen LogP contribution is -2.34. The first-order valence-electron chi connectivity index (χ1n) is 14.1. The summed E-state index contributed by atoms with van der Waals surface area (Å²) >= 11 is 1.67. The average Bonchev–Trinajstić information content (AvgIpc) is 3.57. The maximum Gasteiger partial charge on any atom is 0.340 e. The Labute approximate surface area is 242 Å². The fourth-order valence-corrected chi connectivity index (χ4v) is 7.92. The topological polar surface area (TPSA) is 74.6 Å². The van der Waals surface area contributed by atoms with Gasteiger partial charge in [-0.2, -0.15) is 5.26 Å². The molecule has 7 heteroatoms. The number of anilines is 2. The molecule has 4 aliphatic heterocycles. The van der Waals surface area contributed by atoms with E-state index in [2.05, 4.69) is 40.6 Å². The highest BCUT2D eigenvalue weighted by atomic mass is 32.2. The van der Waals surface area contributed by atoms with Gasteiger partial charge >= 0.3 is 5.97 Å². The number of ether oxygens (including phenoxy) is 2. The van der Waals surface area contributed by atoms with Gasteiger partial charge < -0.3 is 19.7 Å². The molecular weight excluding hydrogens is 530 g/mol. The molecule has 1 spiro atoms. The number of benzene rings is 4. The van der Waals surface area contributed by atoms with Crippen LogP contribution >= 0.6 is 11.8 Å². The van der Waals surface area contributed by atoms with Crippen LogP contribution in [0.5, 0.6) is 11.5 Å². The quantitative estimate of drug-likeness (QED) is 0.263. The van der Waals surface area contributed by atoms with Crippen molar-refractivity contribution in [3.8, 4) is 17.6 Å². The number of nitrogens with one attached hydrogen (secondary N) is 1. The molecular formula is C34H27N3O3S. The summed E-state index contributed by atoms with van der Waals surface area (Å²) in [5.74, 6) is 0.520. The molecule has 8 rings (SSSR count). The molecule has 0 saturated carbocycles. The zero-order chi connectivity index (χ0) is 27.6.